The zero-order valence-corrected chi connectivity index (χ0v) is 20.9. The highest BCUT2D eigenvalue weighted by molar-refractivity contribution is 7.10. The number of carbonyl (C=O) groups is 2. The molecule has 0 bridgehead atoms. The van der Waals surface area contributed by atoms with E-state index in [0.29, 0.717) is 42.1 Å². The van der Waals surface area contributed by atoms with Gasteiger partial charge in [-0.2, -0.15) is 0 Å². The number of esters is 1. The summed E-state index contributed by atoms with van der Waals surface area (Å²) in [6, 6.07) is 9.76. The van der Waals surface area contributed by atoms with Gasteiger partial charge in [-0.3, -0.25) is 4.79 Å². The lowest BCUT2D eigenvalue weighted by molar-refractivity contribution is -0.139. The molecule has 34 heavy (non-hydrogen) atoms. The molecule has 180 valence electrons. The van der Waals surface area contributed by atoms with Crippen molar-refractivity contribution in [3.63, 3.8) is 0 Å². The van der Waals surface area contributed by atoms with Gasteiger partial charge in [0.05, 0.1) is 32.3 Å². The second-order valence-electron chi connectivity index (χ2n) is 8.64. The highest BCUT2D eigenvalue weighted by Gasteiger charge is 2.41. The van der Waals surface area contributed by atoms with Crippen LogP contribution in [0.5, 0.6) is 11.5 Å². The van der Waals surface area contributed by atoms with E-state index in [0.717, 1.165) is 34.7 Å². The number of hydrogen-bond acceptors (Lipinski definition) is 7. The molecule has 4 rings (SSSR count). The van der Waals surface area contributed by atoms with Crippen LogP contribution in [0.25, 0.3) is 0 Å². The second-order valence-corrected chi connectivity index (χ2v) is 9.62. The molecule has 1 N–H and O–H groups in total. The largest absolute Gasteiger partial charge is 0.493 e. The fraction of sp³-hybridized carbons (Fsp3) is 0.407. The molecule has 2 aliphatic rings. The Morgan fingerprint density at radius 3 is 2.62 bits per heavy atom. The predicted molar refractivity (Wildman–Crippen MR) is 132 cm³/mol. The first-order valence-corrected chi connectivity index (χ1v) is 12.5. The first-order valence-electron chi connectivity index (χ1n) is 11.6. The molecule has 2 heterocycles. The maximum Gasteiger partial charge on any atom is 0.336 e. The Labute approximate surface area is 204 Å². The molecule has 1 aliphatic heterocycles. The quantitative estimate of drug-likeness (QED) is 0.398. The maximum absolute atomic E-state index is 13.6. The van der Waals surface area contributed by atoms with E-state index in [1.807, 2.05) is 42.6 Å². The number of ether oxygens (including phenoxy) is 3. The Morgan fingerprint density at radius 2 is 1.94 bits per heavy atom. The predicted octanol–water partition coefficient (Wildman–Crippen LogP) is 5.47. The van der Waals surface area contributed by atoms with Crippen molar-refractivity contribution in [1.82, 2.24) is 5.32 Å². The summed E-state index contributed by atoms with van der Waals surface area (Å²) in [5.74, 6) is 0.620. The molecule has 7 heteroatoms. The number of benzene rings is 1. The van der Waals surface area contributed by atoms with Gasteiger partial charge in [-0.1, -0.05) is 25.5 Å². The second kappa shape index (κ2) is 10.5. The number of nitrogens with one attached hydrogen (secondary N) is 1. The minimum atomic E-state index is -0.399. The SMILES string of the molecule is CCCCOC(=O)C1=C(C)NC2=C(C(=O)C[C@H](c3ccc(OC)c(OC)c3)C2)[C@H]1c1cccs1. The van der Waals surface area contributed by atoms with E-state index in [1.165, 1.54) is 0 Å². The molecule has 2 aromatic rings. The van der Waals surface area contributed by atoms with Crippen molar-refractivity contribution in [3.05, 3.63) is 68.7 Å². The number of hydrogen-bond donors (Lipinski definition) is 1. The lowest BCUT2D eigenvalue weighted by Gasteiger charge is -2.36. The average Bonchev–Trinajstić information content (AvgIpc) is 3.37. The van der Waals surface area contributed by atoms with Crippen LogP contribution in [-0.2, 0) is 14.3 Å². The summed E-state index contributed by atoms with van der Waals surface area (Å²) in [4.78, 5) is 27.7. The Hall–Kier alpha value is -3.06. The molecular weight excluding hydrogens is 450 g/mol. The van der Waals surface area contributed by atoms with E-state index >= 15 is 0 Å². The van der Waals surface area contributed by atoms with Crippen molar-refractivity contribution in [3.8, 4) is 11.5 Å². The molecular formula is C27H31NO5S. The molecule has 0 saturated carbocycles. The number of ketones is 1. The standard InChI is InChI=1S/C27H31NO5S/c1-5-6-11-33-27(30)24-16(2)28-19-13-18(17-9-10-21(31-3)22(15-17)32-4)14-20(29)25(19)26(24)23-8-7-12-34-23/h7-10,12,15,18,26,28H,5-6,11,13-14H2,1-4H3/t18-,26+/m1/s1. The summed E-state index contributed by atoms with van der Waals surface area (Å²) >= 11 is 1.56. The van der Waals surface area contributed by atoms with E-state index in [-0.39, 0.29) is 17.7 Å². The van der Waals surface area contributed by atoms with Crippen LogP contribution in [0.2, 0.25) is 0 Å². The van der Waals surface area contributed by atoms with Gasteiger partial charge in [0.15, 0.2) is 17.3 Å². The third kappa shape index (κ3) is 4.62. The number of methoxy groups -OCH3 is 2. The number of rotatable bonds is 8. The average molecular weight is 482 g/mol. The number of carbonyl (C=O) groups excluding carboxylic acids is 2. The molecule has 6 nitrogen and oxygen atoms in total. The zero-order valence-electron chi connectivity index (χ0n) is 20.1. The van der Waals surface area contributed by atoms with E-state index in [1.54, 1.807) is 25.6 Å². The van der Waals surface area contributed by atoms with Crippen molar-refractivity contribution in [2.24, 2.45) is 0 Å². The van der Waals surface area contributed by atoms with Gasteiger partial charge >= 0.3 is 5.97 Å². The van der Waals surface area contributed by atoms with Crippen LogP contribution in [0.4, 0.5) is 0 Å². The smallest absolute Gasteiger partial charge is 0.336 e. The van der Waals surface area contributed by atoms with Crippen LogP contribution in [-0.4, -0.2) is 32.6 Å². The van der Waals surface area contributed by atoms with Gasteiger partial charge in [-0.05, 0) is 54.8 Å². The summed E-state index contributed by atoms with van der Waals surface area (Å²) in [7, 11) is 3.22. The Bertz CT molecular complexity index is 1130. The molecule has 0 fully saturated rings. The normalized spacial score (nSPS) is 20.1. The van der Waals surface area contributed by atoms with Gasteiger partial charge in [0.2, 0.25) is 0 Å². The lowest BCUT2D eigenvalue weighted by Crippen LogP contribution is -2.36. The molecule has 0 unspecified atom stereocenters. The number of Topliss-reactive ketones (excluding diaryl/α,β-unsaturated/α-hetero) is 1. The summed E-state index contributed by atoms with van der Waals surface area (Å²) in [5.41, 5.74) is 3.89. The fourth-order valence-corrected chi connectivity index (χ4v) is 5.62. The van der Waals surface area contributed by atoms with Crippen LogP contribution in [0.1, 0.15) is 61.8 Å². The van der Waals surface area contributed by atoms with Crippen LogP contribution < -0.4 is 14.8 Å². The molecule has 0 radical (unpaired) electrons. The first kappa shape index (κ1) is 24.1. The third-order valence-corrected chi connectivity index (χ3v) is 7.42. The van der Waals surface area contributed by atoms with E-state index in [4.69, 9.17) is 14.2 Å². The number of thiophene rings is 1. The Kier molecular flexibility index (Phi) is 7.41. The molecule has 1 aromatic heterocycles. The fourth-order valence-electron chi connectivity index (χ4n) is 4.78. The molecule has 2 atom stereocenters. The maximum atomic E-state index is 13.6. The van der Waals surface area contributed by atoms with Gasteiger partial charge in [-0.15, -0.1) is 11.3 Å². The van der Waals surface area contributed by atoms with Crippen LogP contribution in [0.3, 0.4) is 0 Å². The van der Waals surface area contributed by atoms with Crippen molar-refractivity contribution in [2.75, 3.05) is 20.8 Å². The number of allylic oxidation sites excluding steroid dienone is 3. The van der Waals surface area contributed by atoms with Gasteiger partial charge in [0.1, 0.15) is 0 Å². The van der Waals surface area contributed by atoms with Crippen molar-refractivity contribution in [1.29, 1.82) is 0 Å². The monoisotopic (exact) mass is 481 g/mol. The van der Waals surface area contributed by atoms with E-state index < -0.39 is 5.92 Å². The van der Waals surface area contributed by atoms with E-state index in [9.17, 15) is 9.59 Å². The zero-order chi connectivity index (χ0) is 24.2. The minimum absolute atomic E-state index is 0.00778. The summed E-state index contributed by atoms with van der Waals surface area (Å²) < 4.78 is 16.4. The molecule has 1 aromatic carbocycles. The molecule has 1 aliphatic carbocycles. The topological polar surface area (TPSA) is 73.9 Å². The van der Waals surface area contributed by atoms with Gasteiger partial charge in [0, 0.05) is 28.3 Å². The van der Waals surface area contributed by atoms with Crippen LogP contribution in [0.15, 0.2) is 58.3 Å². The van der Waals surface area contributed by atoms with Crippen molar-refractivity contribution < 1.29 is 23.8 Å². The van der Waals surface area contributed by atoms with Gasteiger partial charge < -0.3 is 19.5 Å². The number of unbranched alkanes of at least 4 members (excludes halogenated alkanes) is 1. The Morgan fingerprint density at radius 1 is 1.15 bits per heavy atom. The molecule has 0 saturated heterocycles. The summed E-state index contributed by atoms with van der Waals surface area (Å²) in [6.07, 6.45) is 2.81. The molecule has 0 amide bonds. The number of dihydropyridines is 1. The lowest BCUT2D eigenvalue weighted by atomic mass is 9.73. The highest BCUT2D eigenvalue weighted by Crippen LogP contribution is 2.47. The molecule has 0 spiro atoms. The highest BCUT2D eigenvalue weighted by atomic mass is 32.1. The van der Waals surface area contributed by atoms with Gasteiger partial charge in [-0.25, -0.2) is 4.79 Å². The van der Waals surface area contributed by atoms with E-state index in [2.05, 4.69) is 12.2 Å². The van der Waals surface area contributed by atoms with Crippen molar-refractivity contribution in [2.45, 2.75) is 51.4 Å². The minimum Gasteiger partial charge on any atom is -0.493 e. The van der Waals surface area contributed by atoms with Crippen LogP contribution >= 0.6 is 11.3 Å². The third-order valence-electron chi connectivity index (χ3n) is 6.49. The first-order chi connectivity index (χ1) is 16.5. The summed E-state index contributed by atoms with van der Waals surface area (Å²) in [6.45, 7) is 4.33. The van der Waals surface area contributed by atoms with Crippen molar-refractivity contribution >= 4 is 23.1 Å². The van der Waals surface area contributed by atoms with Crippen LogP contribution in [0, 0.1) is 0 Å². The Balaban J connectivity index is 1.69. The summed E-state index contributed by atoms with van der Waals surface area (Å²) in [5, 5.41) is 5.38. The van der Waals surface area contributed by atoms with Gasteiger partial charge in [0.25, 0.3) is 0 Å².